The standard InChI is InChI=1S/C14H21N3/c1-10(2)7-11(3)17(4)14-6-5-12(9-15)8-13(14)16/h5-6,8,10-11H,7,16H2,1-4H3. The molecule has 0 amide bonds. The maximum Gasteiger partial charge on any atom is 0.0992 e. The Labute approximate surface area is 104 Å². The average Bonchev–Trinajstić information content (AvgIpc) is 2.27. The minimum absolute atomic E-state index is 0.435. The predicted molar refractivity (Wildman–Crippen MR) is 72.9 cm³/mol. The van der Waals surface area contributed by atoms with E-state index >= 15 is 0 Å². The van der Waals surface area contributed by atoms with E-state index < -0.39 is 0 Å². The second-order valence-corrected chi connectivity index (χ2v) is 4.97. The molecule has 0 aliphatic carbocycles. The summed E-state index contributed by atoms with van der Waals surface area (Å²) in [4.78, 5) is 2.18. The van der Waals surface area contributed by atoms with Crippen LogP contribution in [0.3, 0.4) is 0 Å². The normalized spacial score (nSPS) is 12.2. The molecule has 3 nitrogen and oxygen atoms in total. The first-order valence-corrected chi connectivity index (χ1v) is 5.98. The highest BCUT2D eigenvalue weighted by Gasteiger charge is 2.14. The van der Waals surface area contributed by atoms with E-state index in [4.69, 9.17) is 11.0 Å². The van der Waals surface area contributed by atoms with Crippen molar-refractivity contribution in [1.82, 2.24) is 0 Å². The van der Waals surface area contributed by atoms with E-state index in [0.717, 1.165) is 12.1 Å². The molecule has 92 valence electrons. The molecule has 0 aromatic heterocycles. The molecule has 0 bridgehead atoms. The van der Waals surface area contributed by atoms with Gasteiger partial charge in [-0.25, -0.2) is 0 Å². The fourth-order valence-electron chi connectivity index (χ4n) is 2.02. The Morgan fingerprint density at radius 2 is 2.00 bits per heavy atom. The highest BCUT2D eigenvalue weighted by atomic mass is 15.1. The SMILES string of the molecule is CC(C)CC(C)N(C)c1ccc(C#N)cc1N. The van der Waals surface area contributed by atoms with Crippen molar-refractivity contribution in [2.75, 3.05) is 17.7 Å². The van der Waals surface area contributed by atoms with Crippen LogP contribution in [0.1, 0.15) is 32.8 Å². The highest BCUT2D eigenvalue weighted by Crippen LogP contribution is 2.26. The fraction of sp³-hybridized carbons (Fsp3) is 0.500. The van der Waals surface area contributed by atoms with E-state index in [0.29, 0.717) is 23.2 Å². The van der Waals surface area contributed by atoms with Gasteiger partial charge in [0.2, 0.25) is 0 Å². The molecule has 1 aromatic rings. The van der Waals surface area contributed by atoms with Gasteiger partial charge in [0.1, 0.15) is 0 Å². The summed E-state index contributed by atoms with van der Waals surface area (Å²) in [5, 5.41) is 8.80. The summed E-state index contributed by atoms with van der Waals surface area (Å²) in [5.41, 5.74) is 8.25. The Bertz CT molecular complexity index is 418. The van der Waals surface area contributed by atoms with Crippen molar-refractivity contribution in [3.05, 3.63) is 23.8 Å². The molecular formula is C14H21N3. The van der Waals surface area contributed by atoms with Gasteiger partial charge in [0, 0.05) is 13.1 Å². The Morgan fingerprint density at radius 1 is 1.35 bits per heavy atom. The first-order chi connectivity index (χ1) is 7.95. The lowest BCUT2D eigenvalue weighted by molar-refractivity contribution is 0.504. The summed E-state index contributed by atoms with van der Waals surface area (Å²) >= 11 is 0. The highest BCUT2D eigenvalue weighted by molar-refractivity contribution is 5.69. The van der Waals surface area contributed by atoms with Crippen LogP contribution < -0.4 is 10.6 Å². The minimum Gasteiger partial charge on any atom is -0.397 e. The zero-order valence-corrected chi connectivity index (χ0v) is 11.1. The number of nitrogen functional groups attached to an aromatic ring is 1. The smallest absolute Gasteiger partial charge is 0.0992 e. The van der Waals surface area contributed by atoms with Crippen LogP contribution in [0.2, 0.25) is 0 Å². The molecule has 0 radical (unpaired) electrons. The number of hydrogen-bond donors (Lipinski definition) is 1. The van der Waals surface area contributed by atoms with Crippen LogP contribution in [0, 0.1) is 17.2 Å². The zero-order chi connectivity index (χ0) is 13.0. The van der Waals surface area contributed by atoms with Crippen LogP contribution in [-0.2, 0) is 0 Å². The van der Waals surface area contributed by atoms with E-state index in [9.17, 15) is 0 Å². The molecular weight excluding hydrogens is 210 g/mol. The Hall–Kier alpha value is -1.69. The second kappa shape index (κ2) is 5.58. The van der Waals surface area contributed by atoms with E-state index in [1.807, 2.05) is 19.2 Å². The maximum atomic E-state index is 8.80. The predicted octanol–water partition coefficient (Wildman–Crippen LogP) is 3.01. The van der Waals surface area contributed by atoms with Crippen molar-refractivity contribution < 1.29 is 0 Å². The topological polar surface area (TPSA) is 53.0 Å². The summed E-state index contributed by atoms with van der Waals surface area (Å²) in [6.07, 6.45) is 1.12. The number of nitriles is 1. The lowest BCUT2D eigenvalue weighted by atomic mass is 10.0. The van der Waals surface area contributed by atoms with Gasteiger partial charge in [-0.3, -0.25) is 0 Å². The molecule has 1 aromatic carbocycles. The van der Waals surface area contributed by atoms with E-state index in [1.54, 1.807) is 6.07 Å². The molecule has 0 saturated carbocycles. The maximum absolute atomic E-state index is 8.80. The van der Waals surface area contributed by atoms with Crippen LogP contribution in [0.4, 0.5) is 11.4 Å². The largest absolute Gasteiger partial charge is 0.397 e. The molecule has 0 aliphatic rings. The number of anilines is 2. The molecule has 1 rings (SSSR count). The third-order valence-corrected chi connectivity index (χ3v) is 3.01. The zero-order valence-electron chi connectivity index (χ0n) is 11.1. The van der Waals surface area contributed by atoms with Gasteiger partial charge in [0.15, 0.2) is 0 Å². The van der Waals surface area contributed by atoms with Crippen LogP contribution in [-0.4, -0.2) is 13.1 Å². The average molecular weight is 231 g/mol. The summed E-state index contributed by atoms with van der Waals surface area (Å²) < 4.78 is 0. The molecule has 0 heterocycles. The molecule has 1 atom stereocenters. The van der Waals surface area contributed by atoms with Crippen LogP contribution in [0.15, 0.2) is 18.2 Å². The van der Waals surface area contributed by atoms with Crippen LogP contribution in [0.25, 0.3) is 0 Å². The number of nitrogens with two attached hydrogens (primary N) is 1. The monoisotopic (exact) mass is 231 g/mol. The summed E-state index contributed by atoms with van der Waals surface area (Å²) in [7, 11) is 2.05. The molecule has 17 heavy (non-hydrogen) atoms. The number of hydrogen-bond acceptors (Lipinski definition) is 3. The number of nitrogens with zero attached hydrogens (tertiary/aromatic N) is 2. The van der Waals surface area contributed by atoms with Crippen molar-refractivity contribution in [1.29, 1.82) is 5.26 Å². The minimum atomic E-state index is 0.435. The van der Waals surface area contributed by atoms with Gasteiger partial charge < -0.3 is 10.6 Å². The molecule has 0 spiro atoms. The third kappa shape index (κ3) is 3.39. The Kier molecular flexibility index (Phi) is 4.39. The van der Waals surface area contributed by atoms with Gasteiger partial charge in [-0.1, -0.05) is 13.8 Å². The van der Waals surface area contributed by atoms with Crippen molar-refractivity contribution >= 4 is 11.4 Å². The fourth-order valence-corrected chi connectivity index (χ4v) is 2.02. The number of rotatable bonds is 4. The van der Waals surface area contributed by atoms with Crippen LogP contribution >= 0.6 is 0 Å². The summed E-state index contributed by atoms with van der Waals surface area (Å²) in [5.74, 6) is 0.659. The van der Waals surface area contributed by atoms with Gasteiger partial charge in [-0.15, -0.1) is 0 Å². The number of benzene rings is 1. The second-order valence-electron chi connectivity index (χ2n) is 4.97. The van der Waals surface area contributed by atoms with E-state index in [-0.39, 0.29) is 0 Å². The van der Waals surface area contributed by atoms with Gasteiger partial charge in [0.05, 0.1) is 23.0 Å². The Morgan fingerprint density at radius 3 is 2.47 bits per heavy atom. The molecule has 0 fully saturated rings. The molecule has 3 heteroatoms. The van der Waals surface area contributed by atoms with E-state index in [2.05, 4.69) is 31.7 Å². The lowest BCUT2D eigenvalue weighted by Crippen LogP contribution is -2.30. The van der Waals surface area contributed by atoms with Gasteiger partial charge >= 0.3 is 0 Å². The molecule has 1 unspecified atom stereocenters. The van der Waals surface area contributed by atoms with Gasteiger partial charge in [-0.2, -0.15) is 5.26 Å². The van der Waals surface area contributed by atoms with Crippen molar-refractivity contribution in [2.24, 2.45) is 5.92 Å². The summed E-state index contributed by atoms with van der Waals surface area (Å²) in [6, 6.07) is 7.99. The molecule has 0 saturated heterocycles. The first-order valence-electron chi connectivity index (χ1n) is 5.98. The van der Waals surface area contributed by atoms with Crippen LogP contribution in [0.5, 0.6) is 0 Å². The van der Waals surface area contributed by atoms with Crippen molar-refractivity contribution in [2.45, 2.75) is 33.2 Å². The van der Waals surface area contributed by atoms with Crippen molar-refractivity contribution in [3.63, 3.8) is 0 Å². The molecule has 0 aliphatic heterocycles. The lowest BCUT2D eigenvalue weighted by Gasteiger charge is -2.29. The van der Waals surface area contributed by atoms with Crippen molar-refractivity contribution in [3.8, 4) is 6.07 Å². The van der Waals surface area contributed by atoms with Gasteiger partial charge in [-0.05, 0) is 37.5 Å². The Balaban J connectivity index is 2.89. The van der Waals surface area contributed by atoms with Gasteiger partial charge in [0.25, 0.3) is 0 Å². The molecule has 2 N–H and O–H groups in total. The van der Waals surface area contributed by atoms with E-state index in [1.165, 1.54) is 0 Å². The summed E-state index contributed by atoms with van der Waals surface area (Å²) in [6.45, 7) is 6.62. The first kappa shape index (κ1) is 13.4. The quantitative estimate of drug-likeness (QED) is 0.810. The third-order valence-electron chi connectivity index (χ3n) is 3.01.